The minimum atomic E-state index is -0.625. The van der Waals surface area contributed by atoms with Gasteiger partial charge in [-0.25, -0.2) is 4.68 Å². The van der Waals surface area contributed by atoms with Gasteiger partial charge in [0.2, 0.25) is 0 Å². The van der Waals surface area contributed by atoms with E-state index in [1.807, 2.05) is 48.5 Å². The molecule has 182 valence electrons. The number of nitrogens with zero attached hydrogens (tertiary/aromatic N) is 5. The molecule has 1 N–H and O–H groups in total. The van der Waals surface area contributed by atoms with Gasteiger partial charge in [0.1, 0.15) is 11.9 Å². The molecule has 0 saturated carbocycles. The van der Waals surface area contributed by atoms with Crippen molar-refractivity contribution in [2.75, 3.05) is 43.0 Å². The Morgan fingerprint density at radius 3 is 2.20 bits per heavy atom. The molecule has 3 aromatic rings. The first-order valence-electron chi connectivity index (χ1n) is 11.3. The Morgan fingerprint density at radius 1 is 0.971 bits per heavy atom. The van der Waals surface area contributed by atoms with Crippen LogP contribution in [-0.2, 0) is 21.5 Å². The molecule has 35 heavy (non-hydrogen) atoms. The molecular weight excluding hydrogens is 448 g/mol. The lowest BCUT2D eigenvalue weighted by Crippen LogP contribution is -2.49. The lowest BCUT2D eigenvalue weighted by molar-refractivity contribution is -0.136. The van der Waals surface area contributed by atoms with Crippen LogP contribution in [0, 0.1) is 6.92 Å². The Morgan fingerprint density at radius 2 is 1.57 bits per heavy atom. The van der Waals surface area contributed by atoms with E-state index in [0.717, 1.165) is 25.0 Å². The van der Waals surface area contributed by atoms with E-state index in [1.165, 1.54) is 4.68 Å². The summed E-state index contributed by atoms with van der Waals surface area (Å²) in [6.45, 7) is 4.11. The number of aromatic nitrogens is 2. The molecule has 1 aliphatic rings. The van der Waals surface area contributed by atoms with Crippen molar-refractivity contribution in [1.82, 2.24) is 14.3 Å². The molecule has 1 saturated heterocycles. The maximum Gasteiger partial charge on any atom is 0.295 e. The molecule has 2 amide bonds. The van der Waals surface area contributed by atoms with Crippen molar-refractivity contribution in [3.05, 3.63) is 76.7 Å². The molecule has 10 heteroatoms. The quantitative estimate of drug-likeness (QED) is 0.414. The van der Waals surface area contributed by atoms with Crippen LogP contribution < -0.4 is 15.8 Å². The number of rotatable bonds is 7. The summed E-state index contributed by atoms with van der Waals surface area (Å²) >= 11 is 0. The molecule has 0 spiro atoms. The van der Waals surface area contributed by atoms with Gasteiger partial charge in [0.25, 0.3) is 17.4 Å². The summed E-state index contributed by atoms with van der Waals surface area (Å²) in [7, 11) is 1.74. The maximum atomic E-state index is 12.9. The number of piperazine rings is 1. The van der Waals surface area contributed by atoms with E-state index in [4.69, 9.17) is 4.84 Å². The van der Waals surface area contributed by atoms with E-state index >= 15 is 0 Å². The second-order valence-corrected chi connectivity index (χ2v) is 8.14. The highest BCUT2D eigenvalue weighted by atomic mass is 16.6. The molecule has 1 fully saturated rings. The van der Waals surface area contributed by atoms with E-state index in [-0.39, 0.29) is 23.8 Å². The summed E-state index contributed by atoms with van der Waals surface area (Å²) in [4.78, 5) is 46.5. The van der Waals surface area contributed by atoms with Gasteiger partial charge in [-0.1, -0.05) is 41.6 Å². The highest BCUT2D eigenvalue weighted by Crippen LogP contribution is 2.16. The molecule has 1 aliphatic heterocycles. The van der Waals surface area contributed by atoms with Crippen LogP contribution in [0.25, 0.3) is 5.69 Å². The van der Waals surface area contributed by atoms with Crippen molar-refractivity contribution in [1.29, 1.82) is 0 Å². The Labute approximate surface area is 203 Å². The van der Waals surface area contributed by atoms with Crippen LogP contribution in [0.4, 0.5) is 11.4 Å². The summed E-state index contributed by atoms with van der Waals surface area (Å²) in [5, 5.41) is 6.16. The Bertz CT molecular complexity index is 1260. The predicted octanol–water partition coefficient (Wildman–Crippen LogP) is 1.77. The molecule has 1 aromatic heterocycles. The predicted molar refractivity (Wildman–Crippen MR) is 134 cm³/mol. The number of benzene rings is 2. The zero-order valence-corrected chi connectivity index (χ0v) is 19.8. The SMILES string of the molecule is Cc1c(NC(=O)/C=N/OCC(=O)N2CCN(c3ccccc3)CC2)c(=O)n(-c2ccccc2)n1C. The van der Waals surface area contributed by atoms with Gasteiger partial charge in [-0.3, -0.25) is 19.1 Å². The molecule has 2 aromatic carbocycles. The van der Waals surface area contributed by atoms with Gasteiger partial charge in [-0.2, -0.15) is 0 Å². The molecule has 10 nitrogen and oxygen atoms in total. The first kappa shape index (κ1) is 23.8. The topological polar surface area (TPSA) is 101 Å². The van der Waals surface area contributed by atoms with Crippen molar-refractivity contribution >= 4 is 29.4 Å². The first-order chi connectivity index (χ1) is 17.0. The molecule has 0 unspecified atom stereocenters. The monoisotopic (exact) mass is 476 g/mol. The van der Waals surface area contributed by atoms with Crippen molar-refractivity contribution in [3.8, 4) is 5.69 Å². The van der Waals surface area contributed by atoms with E-state index in [9.17, 15) is 14.4 Å². The smallest absolute Gasteiger partial charge is 0.295 e. The van der Waals surface area contributed by atoms with E-state index in [0.29, 0.717) is 24.5 Å². The van der Waals surface area contributed by atoms with Crippen molar-refractivity contribution in [3.63, 3.8) is 0 Å². The lowest BCUT2D eigenvalue weighted by atomic mass is 10.2. The summed E-state index contributed by atoms with van der Waals surface area (Å²) < 4.78 is 3.13. The number of hydrogen-bond acceptors (Lipinski definition) is 6. The summed E-state index contributed by atoms with van der Waals surface area (Å²) in [6, 6.07) is 19.2. The summed E-state index contributed by atoms with van der Waals surface area (Å²) in [5.74, 6) is -0.820. The van der Waals surface area contributed by atoms with Gasteiger partial charge in [0, 0.05) is 38.9 Å². The van der Waals surface area contributed by atoms with E-state index in [1.54, 1.807) is 35.7 Å². The highest BCUT2D eigenvalue weighted by molar-refractivity contribution is 6.31. The van der Waals surface area contributed by atoms with Crippen LogP contribution >= 0.6 is 0 Å². The zero-order chi connectivity index (χ0) is 24.8. The fraction of sp³-hybridized carbons (Fsp3) is 0.280. The third-order valence-electron chi connectivity index (χ3n) is 5.99. The molecule has 0 atom stereocenters. The number of amides is 2. The summed E-state index contributed by atoms with van der Waals surface area (Å²) in [6.07, 6.45) is 0.916. The van der Waals surface area contributed by atoms with Crippen LogP contribution in [0.1, 0.15) is 5.69 Å². The Hall–Kier alpha value is -4.34. The minimum absolute atomic E-state index is 0.153. The van der Waals surface area contributed by atoms with Gasteiger partial charge in [0.05, 0.1) is 11.4 Å². The van der Waals surface area contributed by atoms with Crippen LogP contribution in [0.3, 0.4) is 0 Å². The number of nitrogens with one attached hydrogen (secondary N) is 1. The van der Waals surface area contributed by atoms with Crippen molar-refractivity contribution in [2.24, 2.45) is 12.2 Å². The average molecular weight is 477 g/mol. The molecular formula is C25H28N6O4. The Balaban J connectivity index is 1.27. The second kappa shape index (κ2) is 10.7. The van der Waals surface area contributed by atoms with E-state index < -0.39 is 5.91 Å². The molecule has 0 radical (unpaired) electrons. The number of carbonyl (C=O) groups is 2. The van der Waals surface area contributed by atoms with E-state index in [2.05, 4.69) is 15.4 Å². The van der Waals surface area contributed by atoms with Gasteiger partial charge < -0.3 is 20.0 Å². The second-order valence-electron chi connectivity index (χ2n) is 8.14. The molecule has 2 heterocycles. The number of carbonyl (C=O) groups excluding carboxylic acids is 2. The standard InChI is InChI=1S/C25H28N6O4/c1-19-24(25(34)31(28(19)2)21-11-7-4-8-12-21)27-22(32)17-26-35-18-23(33)30-15-13-29(14-16-30)20-9-5-3-6-10-20/h3-12,17H,13-16,18H2,1-2H3,(H,27,32)/b26-17+. The van der Waals surface area contributed by atoms with Crippen molar-refractivity contribution < 1.29 is 14.4 Å². The average Bonchev–Trinajstić information content (AvgIpc) is 3.10. The van der Waals surface area contributed by atoms with Gasteiger partial charge in [0.15, 0.2) is 6.61 Å². The van der Waals surface area contributed by atoms with Crippen LogP contribution in [0.2, 0.25) is 0 Å². The highest BCUT2D eigenvalue weighted by Gasteiger charge is 2.21. The lowest BCUT2D eigenvalue weighted by Gasteiger charge is -2.35. The number of oxime groups is 1. The fourth-order valence-electron chi connectivity index (χ4n) is 3.99. The summed E-state index contributed by atoms with van der Waals surface area (Å²) in [5.41, 5.74) is 2.20. The third-order valence-corrected chi connectivity index (χ3v) is 5.99. The van der Waals surface area contributed by atoms with Crippen LogP contribution in [0.5, 0.6) is 0 Å². The molecule has 0 bridgehead atoms. The first-order valence-corrected chi connectivity index (χ1v) is 11.3. The molecule has 0 aliphatic carbocycles. The number of hydrogen-bond donors (Lipinski definition) is 1. The number of anilines is 2. The van der Waals surface area contributed by atoms with Gasteiger partial charge >= 0.3 is 0 Å². The zero-order valence-electron chi connectivity index (χ0n) is 19.8. The largest absolute Gasteiger partial charge is 0.386 e. The van der Waals surface area contributed by atoms with Crippen molar-refractivity contribution in [2.45, 2.75) is 6.92 Å². The Kier molecular flexibility index (Phi) is 7.30. The van der Waals surface area contributed by atoms with Gasteiger partial charge in [-0.05, 0) is 31.2 Å². The fourth-order valence-corrected chi connectivity index (χ4v) is 3.99. The van der Waals surface area contributed by atoms with Crippen LogP contribution in [-0.4, -0.2) is 65.1 Å². The molecule has 4 rings (SSSR count). The normalized spacial score (nSPS) is 13.8. The minimum Gasteiger partial charge on any atom is -0.386 e. The maximum absolute atomic E-state index is 12.9. The number of para-hydroxylation sites is 2. The van der Waals surface area contributed by atoms with Gasteiger partial charge in [-0.15, -0.1) is 0 Å². The third kappa shape index (κ3) is 5.43. The van der Waals surface area contributed by atoms with Crippen LogP contribution in [0.15, 0.2) is 70.6 Å².